The normalized spacial score (nSPS) is 10.7. The number of Topliss-reactive ketones (excluding diaryl/α,β-unsaturated/α-hetero) is 1. The molecule has 0 bridgehead atoms. The third-order valence-corrected chi connectivity index (χ3v) is 4.82. The number of aromatic nitrogens is 1. The van der Waals surface area contributed by atoms with E-state index in [1.165, 1.54) is 12.1 Å². The van der Waals surface area contributed by atoms with Gasteiger partial charge in [-0.15, -0.1) is 0 Å². The molecule has 0 fully saturated rings. The summed E-state index contributed by atoms with van der Waals surface area (Å²) in [5.74, 6) is -1.61. The molecule has 5 heteroatoms. The summed E-state index contributed by atoms with van der Waals surface area (Å²) in [5, 5.41) is 2.71. The van der Waals surface area contributed by atoms with Crippen molar-refractivity contribution in [2.24, 2.45) is 0 Å². The molecule has 0 unspecified atom stereocenters. The number of halogens is 1. The summed E-state index contributed by atoms with van der Waals surface area (Å²) in [6.45, 7) is 7.46. The lowest BCUT2D eigenvalue weighted by atomic mass is 10.1. The monoisotopic (exact) mass is 364 g/mol. The Morgan fingerprint density at radius 3 is 2.30 bits per heavy atom. The van der Waals surface area contributed by atoms with Crippen LogP contribution < -0.4 is 5.32 Å². The van der Waals surface area contributed by atoms with Gasteiger partial charge in [-0.25, -0.2) is 4.39 Å². The van der Waals surface area contributed by atoms with E-state index in [0.29, 0.717) is 16.9 Å². The zero-order chi connectivity index (χ0) is 19.7. The zero-order valence-corrected chi connectivity index (χ0v) is 15.8. The highest BCUT2D eigenvalue weighted by Gasteiger charge is 2.23. The van der Waals surface area contributed by atoms with Gasteiger partial charge in [-0.2, -0.15) is 0 Å². The largest absolute Gasteiger partial charge is 0.319 e. The molecule has 27 heavy (non-hydrogen) atoms. The lowest BCUT2D eigenvalue weighted by molar-refractivity contribution is -0.112. The van der Waals surface area contributed by atoms with Crippen LogP contribution in [0.1, 0.15) is 32.9 Å². The number of anilines is 1. The van der Waals surface area contributed by atoms with Crippen LogP contribution in [-0.2, 0) is 4.79 Å². The fraction of sp³-hybridized carbons (Fsp3) is 0.182. The zero-order valence-electron chi connectivity index (χ0n) is 15.8. The van der Waals surface area contributed by atoms with E-state index in [1.54, 1.807) is 31.2 Å². The average molecular weight is 364 g/mol. The first kappa shape index (κ1) is 18.6. The Kier molecular flexibility index (Phi) is 4.95. The number of rotatable bonds is 4. The molecule has 1 aromatic heterocycles. The van der Waals surface area contributed by atoms with Gasteiger partial charge >= 0.3 is 0 Å². The Balaban J connectivity index is 1.91. The molecule has 3 rings (SSSR count). The van der Waals surface area contributed by atoms with Crippen LogP contribution in [0, 0.1) is 33.5 Å². The third-order valence-electron chi connectivity index (χ3n) is 4.82. The summed E-state index contributed by atoms with van der Waals surface area (Å²) in [7, 11) is 0. The van der Waals surface area contributed by atoms with Crippen molar-refractivity contribution < 1.29 is 14.0 Å². The van der Waals surface area contributed by atoms with Crippen molar-refractivity contribution in [1.29, 1.82) is 0 Å². The summed E-state index contributed by atoms with van der Waals surface area (Å²) in [5.41, 5.74) is 5.09. The highest BCUT2D eigenvalue weighted by Crippen LogP contribution is 2.23. The number of ketones is 1. The van der Waals surface area contributed by atoms with Crippen LogP contribution in [0.2, 0.25) is 0 Å². The van der Waals surface area contributed by atoms with Gasteiger partial charge in [0.1, 0.15) is 5.82 Å². The van der Waals surface area contributed by atoms with Crippen molar-refractivity contribution in [3.05, 3.63) is 82.4 Å². The summed E-state index contributed by atoms with van der Waals surface area (Å²) >= 11 is 0. The van der Waals surface area contributed by atoms with Gasteiger partial charge in [0.05, 0.1) is 0 Å². The maximum atomic E-state index is 13.2. The van der Waals surface area contributed by atoms with E-state index in [0.717, 1.165) is 22.5 Å². The van der Waals surface area contributed by atoms with Crippen molar-refractivity contribution in [2.75, 3.05) is 5.32 Å². The molecule has 0 radical (unpaired) electrons. The average Bonchev–Trinajstić information content (AvgIpc) is 2.93. The number of aryl methyl sites for hydroxylation is 2. The van der Waals surface area contributed by atoms with Crippen LogP contribution in [0.15, 0.2) is 48.5 Å². The molecular weight excluding hydrogens is 343 g/mol. The number of carbonyl (C=O) groups is 2. The number of benzene rings is 2. The lowest BCUT2D eigenvalue weighted by Crippen LogP contribution is -2.24. The van der Waals surface area contributed by atoms with Gasteiger partial charge in [0, 0.05) is 28.3 Å². The Labute approximate surface area is 157 Å². The molecule has 2 aromatic carbocycles. The van der Waals surface area contributed by atoms with E-state index in [-0.39, 0.29) is 5.82 Å². The Hall–Kier alpha value is -3.21. The molecule has 4 nitrogen and oxygen atoms in total. The van der Waals surface area contributed by atoms with Gasteiger partial charge in [-0.3, -0.25) is 9.59 Å². The predicted molar refractivity (Wildman–Crippen MR) is 104 cm³/mol. The van der Waals surface area contributed by atoms with Crippen LogP contribution in [0.4, 0.5) is 10.1 Å². The molecule has 0 saturated heterocycles. The Morgan fingerprint density at radius 1 is 0.963 bits per heavy atom. The summed E-state index contributed by atoms with van der Waals surface area (Å²) in [6.07, 6.45) is 0. The first-order valence-corrected chi connectivity index (χ1v) is 8.66. The van der Waals surface area contributed by atoms with Crippen LogP contribution in [0.3, 0.4) is 0 Å². The fourth-order valence-corrected chi connectivity index (χ4v) is 3.17. The molecule has 1 N–H and O–H groups in total. The second kappa shape index (κ2) is 7.19. The summed E-state index contributed by atoms with van der Waals surface area (Å²) < 4.78 is 15.0. The van der Waals surface area contributed by atoms with E-state index in [1.807, 2.05) is 37.5 Å². The van der Waals surface area contributed by atoms with Crippen molar-refractivity contribution in [2.45, 2.75) is 27.7 Å². The van der Waals surface area contributed by atoms with E-state index < -0.39 is 11.7 Å². The maximum Gasteiger partial charge on any atom is 0.296 e. The van der Waals surface area contributed by atoms with E-state index in [9.17, 15) is 14.0 Å². The topological polar surface area (TPSA) is 51.1 Å². The first-order valence-electron chi connectivity index (χ1n) is 8.66. The second-order valence-corrected chi connectivity index (χ2v) is 6.63. The number of carbonyl (C=O) groups excluding carboxylic acids is 2. The molecule has 0 aliphatic carbocycles. The Morgan fingerprint density at radius 2 is 1.63 bits per heavy atom. The number of nitrogens with zero attached hydrogens (tertiary/aromatic N) is 1. The van der Waals surface area contributed by atoms with Gasteiger partial charge in [0.15, 0.2) is 0 Å². The van der Waals surface area contributed by atoms with Gasteiger partial charge < -0.3 is 9.88 Å². The van der Waals surface area contributed by atoms with E-state index in [2.05, 4.69) is 5.32 Å². The minimum Gasteiger partial charge on any atom is -0.319 e. The lowest BCUT2D eigenvalue weighted by Gasteiger charge is -2.11. The minimum absolute atomic E-state index is 0.328. The quantitative estimate of drug-likeness (QED) is 0.540. The van der Waals surface area contributed by atoms with E-state index in [4.69, 9.17) is 0 Å². The SMILES string of the molecule is Cc1cccc(NC(=O)C(=O)c2cc(C)n(-c3ccc(F)cc3)c2C)c1C. The van der Waals surface area contributed by atoms with Gasteiger partial charge in [0.25, 0.3) is 11.7 Å². The van der Waals surface area contributed by atoms with Gasteiger partial charge in [-0.1, -0.05) is 12.1 Å². The molecule has 138 valence electrons. The molecule has 0 saturated carbocycles. The number of hydrogen-bond acceptors (Lipinski definition) is 2. The highest BCUT2D eigenvalue weighted by molar-refractivity contribution is 6.46. The summed E-state index contributed by atoms with van der Waals surface area (Å²) in [4.78, 5) is 25.2. The maximum absolute atomic E-state index is 13.2. The number of nitrogens with one attached hydrogen (secondary N) is 1. The van der Waals surface area contributed by atoms with Crippen LogP contribution in [-0.4, -0.2) is 16.3 Å². The predicted octanol–water partition coefficient (Wildman–Crippen LogP) is 4.67. The van der Waals surface area contributed by atoms with Gasteiger partial charge in [0.2, 0.25) is 0 Å². The Bertz CT molecular complexity index is 1030. The number of hydrogen-bond donors (Lipinski definition) is 1. The van der Waals surface area contributed by atoms with Crippen LogP contribution in [0.5, 0.6) is 0 Å². The van der Waals surface area contributed by atoms with Crippen molar-refractivity contribution in [3.8, 4) is 5.69 Å². The molecule has 1 amide bonds. The minimum atomic E-state index is -0.678. The molecule has 0 aliphatic heterocycles. The third kappa shape index (κ3) is 3.53. The van der Waals surface area contributed by atoms with Gasteiger partial charge in [-0.05, 0) is 75.2 Å². The molecular formula is C22H21FN2O2. The van der Waals surface area contributed by atoms with Crippen molar-refractivity contribution >= 4 is 17.4 Å². The first-order chi connectivity index (χ1) is 12.8. The molecule has 0 atom stereocenters. The summed E-state index contributed by atoms with van der Waals surface area (Å²) in [6, 6.07) is 13.2. The second-order valence-electron chi connectivity index (χ2n) is 6.63. The standard InChI is InChI=1S/C22H21FN2O2/c1-13-6-5-7-20(15(13)3)24-22(27)21(26)19-12-14(2)25(16(19)4)18-10-8-17(23)9-11-18/h5-12H,1-4H3,(H,24,27). The molecule has 1 heterocycles. The van der Waals surface area contributed by atoms with Crippen molar-refractivity contribution in [1.82, 2.24) is 4.57 Å². The van der Waals surface area contributed by atoms with Crippen LogP contribution >= 0.6 is 0 Å². The van der Waals surface area contributed by atoms with Crippen LogP contribution in [0.25, 0.3) is 5.69 Å². The van der Waals surface area contributed by atoms with Crippen molar-refractivity contribution in [3.63, 3.8) is 0 Å². The fourth-order valence-electron chi connectivity index (χ4n) is 3.17. The smallest absolute Gasteiger partial charge is 0.296 e. The molecule has 3 aromatic rings. The molecule has 0 spiro atoms. The van der Waals surface area contributed by atoms with E-state index >= 15 is 0 Å². The highest BCUT2D eigenvalue weighted by atomic mass is 19.1. The number of amides is 1. The molecule has 0 aliphatic rings.